The fourth-order valence-electron chi connectivity index (χ4n) is 2.08. The van der Waals surface area contributed by atoms with Crippen molar-refractivity contribution in [1.29, 1.82) is 0 Å². The van der Waals surface area contributed by atoms with Crippen LogP contribution in [0, 0.1) is 0 Å². The minimum absolute atomic E-state index is 0.717. The Hall–Kier alpha value is -0.780. The van der Waals surface area contributed by atoms with Crippen molar-refractivity contribution in [2.45, 2.75) is 0 Å². The number of piperazine rings is 1. The molecule has 2 rings (SSSR count). The standard InChI is InChI=1S/C14H21BrN2O2/c1-16-5-7-17(8-6-16)9-10-19-14-4-3-12(18-2)11-13(14)15/h3-4,11H,5-10H2,1-2H3. The molecule has 0 atom stereocenters. The molecule has 0 N–H and O–H groups in total. The first-order valence-corrected chi connectivity index (χ1v) is 7.35. The maximum Gasteiger partial charge on any atom is 0.133 e. The van der Waals surface area contributed by atoms with Crippen LogP contribution in [0.3, 0.4) is 0 Å². The van der Waals surface area contributed by atoms with Gasteiger partial charge in [-0.1, -0.05) is 0 Å². The predicted molar refractivity (Wildman–Crippen MR) is 80.1 cm³/mol. The van der Waals surface area contributed by atoms with Crippen molar-refractivity contribution in [2.75, 3.05) is 53.5 Å². The smallest absolute Gasteiger partial charge is 0.133 e. The Morgan fingerprint density at radius 3 is 2.58 bits per heavy atom. The number of rotatable bonds is 5. The van der Waals surface area contributed by atoms with Gasteiger partial charge in [-0.2, -0.15) is 0 Å². The first-order valence-electron chi connectivity index (χ1n) is 6.56. The molecule has 1 aliphatic heterocycles. The highest BCUT2D eigenvalue weighted by Crippen LogP contribution is 2.28. The van der Waals surface area contributed by atoms with Gasteiger partial charge in [0.2, 0.25) is 0 Å². The van der Waals surface area contributed by atoms with Crippen LogP contribution in [0.15, 0.2) is 22.7 Å². The van der Waals surface area contributed by atoms with Gasteiger partial charge in [-0.05, 0) is 41.2 Å². The van der Waals surface area contributed by atoms with Gasteiger partial charge in [0.1, 0.15) is 18.1 Å². The number of methoxy groups -OCH3 is 1. The molecule has 1 fully saturated rings. The van der Waals surface area contributed by atoms with Gasteiger partial charge < -0.3 is 14.4 Å². The number of ether oxygens (including phenoxy) is 2. The third kappa shape index (κ3) is 4.37. The summed E-state index contributed by atoms with van der Waals surface area (Å²) in [6.07, 6.45) is 0. The number of halogens is 1. The van der Waals surface area contributed by atoms with Crippen molar-refractivity contribution >= 4 is 15.9 Å². The SMILES string of the molecule is COc1ccc(OCCN2CCN(C)CC2)c(Br)c1. The normalized spacial score (nSPS) is 17.4. The Morgan fingerprint density at radius 1 is 1.21 bits per heavy atom. The van der Waals surface area contributed by atoms with Gasteiger partial charge in [0.15, 0.2) is 0 Å². The molecule has 1 heterocycles. The number of hydrogen-bond donors (Lipinski definition) is 0. The van der Waals surface area contributed by atoms with E-state index < -0.39 is 0 Å². The zero-order valence-electron chi connectivity index (χ0n) is 11.6. The fraction of sp³-hybridized carbons (Fsp3) is 0.571. The molecule has 4 nitrogen and oxygen atoms in total. The number of hydrogen-bond acceptors (Lipinski definition) is 4. The lowest BCUT2D eigenvalue weighted by atomic mass is 10.3. The Bertz CT molecular complexity index is 406. The van der Waals surface area contributed by atoms with Crippen LogP contribution in [-0.4, -0.2) is 63.3 Å². The molecule has 0 bridgehead atoms. The molecule has 19 heavy (non-hydrogen) atoms. The lowest BCUT2D eigenvalue weighted by Gasteiger charge is -2.32. The van der Waals surface area contributed by atoms with Crippen molar-refractivity contribution in [2.24, 2.45) is 0 Å². The first-order chi connectivity index (χ1) is 9.19. The Labute approximate surface area is 123 Å². The zero-order valence-corrected chi connectivity index (χ0v) is 13.1. The molecule has 1 saturated heterocycles. The van der Waals surface area contributed by atoms with E-state index in [1.54, 1.807) is 7.11 Å². The lowest BCUT2D eigenvalue weighted by Crippen LogP contribution is -2.45. The summed E-state index contributed by atoms with van der Waals surface area (Å²) in [5.74, 6) is 1.70. The van der Waals surface area contributed by atoms with E-state index in [2.05, 4.69) is 32.8 Å². The highest BCUT2D eigenvalue weighted by atomic mass is 79.9. The number of nitrogens with zero attached hydrogens (tertiary/aromatic N) is 2. The summed E-state index contributed by atoms with van der Waals surface area (Å²) < 4.78 is 11.9. The summed E-state index contributed by atoms with van der Waals surface area (Å²) in [4.78, 5) is 4.80. The molecule has 0 unspecified atom stereocenters. The summed E-state index contributed by atoms with van der Waals surface area (Å²) in [6, 6.07) is 5.77. The summed E-state index contributed by atoms with van der Waals surface area (Å²) in [6.45, 7) is 6.24. The van der Waals surface area contributed by atoms with Gasteiger partial charge in [0, 0.05) is 32.7 Å². The minimum atomic E-state index is 0.717. The van der Waals surface area contributed by atoms with Crippen molar-refractivity contribution in [1.82, 2.24) is 9.80 Å². The second-order valence-electron chi connectivity index (χ2n) is 4.79. The van der Waals surface area contributed by atoms with Gasteiger partial charge >= 0.3 is 0 Å². The van der Waals surface area contributed by atoms with Crippen molar-refractivity contribution in [3.05, 3.63) is 22.7 Å². The molecule has 0 spiro atoms. The van der Waals surface area contributed by atoms with Crippen LogP contribution in [0.4, 0.5) is 0 Å². The van der Waals surface area contributed by atoms with Crippen LogP contribution in [0.2, 0.25) is 0 Å². The third-order valence-corrected chi connectivity index (χ3v) is 4.02. The van der Waals surface area contributed by atoms with Crippen LogP contribution in [-0.2, 0) is 0 Å². The summed E-state index contributed by atoms with van der Waals surface area (Å²) >= 11 is 3.50. The second kappa shape index (κ2) is 7.12. The molecule has 0 aromatic heterocycles. The van der Waals surface area contributed by atoms with Crippen LogP contribution in [0.1, 0.15) is 0 Å². The van der Waals surface area contributed by atoms with Crippen LogP contribution in [0.5, 0.6) is 11.5 Å². The molecule has 0 amide bonds. The van der Waals surface area contributed by atoms with Gasteiger partial charge in [-0.15, -0.1) is 0 Å². The van der Waals surface area contributed by atoms with Crippen molar-refractivity contribution in [3.8, 4) is 11.5 Å². The predicted octanol–water partition coefficient (Wildman–Crippen LogP) is 2.08. The van der Waals surface area contributed by atoms with E-state index >= 15 is 0 Å². The molecule has 1 aliphatic rings. The van der Waals surface area contributed by atoms with E-state index in [1.165, 1.54) is 0 Å². The molecule has 0 radical (unpaired) electrons. The second-order valence-corrected chi connectivity index (χ2v) is 5.64. The summed E-state index contributed by atoms with van der Waals surface area (Å²) in [5, 5.41) is 0. The third-order valence-electron chi connectivity index (χ3n) is 3.40. The lowest BCUT2D eigenvalue weighted by molar-refractivity contribution is 0.133. The Morgan fingerprint density at radius 2 is 1.95 bits per heavy atom. The highest BCUT2D eigenvalue weighted by Gasteiger charge is 2.13. The monoisotopic (exact) mass is 328 g/mol. The maximum atomic E-state index is 5.81. The van der Waals surface area contributed by atoms with Crippen LogP contribution >= 0.6 is 15.9 Å². The van der Waals surface area contributed by atoms with Gasteiger partial charge in [-0.3, -0.25) is 4.90 Å². The molecule has 5 heteroatoms. The quantitative estimate of drug-likeness (QED) is 0.826. The highest BCUT2D eigenvalue weighted by molar-refractivity contribution is 9.10. The maximum absolute atomic E-state index is 5.81. The van der Waals surface area contributed by atoms with E-state index in [4.69, 9.17) is 9.47 Å². The molecule has 1 aromatic rings. The average Bonchev–Trinajstić information content (AvgIpc) is 2.42. The largest absolute Gasteiger partial charge is 0.497 e. The van der Waals surface area contributed by atoms with Crippen LogP contribution < -0.4 is 9.47 Å². The van der Waals surface area contributed by atoms with E-state index in [1.807, 2.05) is 18.2 Å². The van der Waals surface area contributed by atoms with E-state index in [0.717, 1.165) is 48.7 Å². The van der Waals surface area contributed by atoms with Gasteiger partial charge in [-0.25, -0.2) is 0 Å². The summed E-state index contributed by atoms with van der Waals surface area (Å²) in [7, 11) is 3.83. The van der Waals surface area contributed by atoms with E-state index in [0.29, 0.717) is 6.61 Å². The Balaban J connectivity index is 1.76. The van der Waals surface area contributed by atoms with Gasteiger partial charge in [0.05, 0.1) is 11.6 Å². The molecule has 0 saturated carbocycles. The fourth-order valence-corrected chi connectivity index (χ4v) is 2.55. The van der Waals surface area contributed by atoms with Crippen LogP contribution in [0.25, 0.3) is 0 Å². The summed E-state index contributed by atoms with van der Waals surface area (Å²) in [5.41, 5.74) is 0. The topological polar surface area (TPSA) is 24.9 Å². The van der Waals surface area contributed by atoms with Crippen molar-refractivity contribution in [3.63, 3.8) is 0 Å². The number of benzene rings is 1. The molecule has 1 aromatic carbocycles. The van der Waals surface area contributed by atoms with Gasteiger partial charge in [0.25, 0.3) is 0 Å². The van der Waals surface area contributed by atoms with E-state index in [9.17, 15) is 0 Å². The van der Waals surface area contributed by atoms with Crippen molar-refractivity contribution < 1.29 is 9.47 Å². The Kier molecular flexibility index (Phi) is 5.48. The molecule has 0 aliphatic carbocycles. The molecular weight excluding hydrogens is 308 g/mol. The molecular formula is C14H21BrN2O2. The number of likely N-dealkylation sites (N-methyl/N-ethyl adjacent to an activating group) is 1. The van der Waals surface area contributed by atoms with E-state index in [-0.39, 0.29) is 0 Å². The zero-order chi connectivity index (χ0) is 13.7. The first kappa shape index (κ1) is 14.6. The molecule has 106 valence electrons. The minimum Gasteiger partial charge on any atom is -0.497 e. The average molecular weight is 329 g/mol.